The number of aromatic amines is 1. The van der Waals surface area contributed by atoms with Gasteiger partial charge < -0.3 is 15.4 Å². The quantitative estimate of drug-likeness (QED) is 0.438. The molecule has 3 aromatic rings. The van der Waals surface area contributed by atoms with Gasteiger partial charge >= 0.3 is 6.03 Å². The second kappa shape index (κ2) is 9.16. The highest BCUT2D eigenvalue weighted by molar-refractivity contribution is 7.17. The Balaban J connectivity index is 1.35. The van der Waals surface area contributed by atoms with E-state index in [1.165, 1.54) is 16.3 Å². The summed E-state index contributed by atoms with van der Waals surface area (Å²) in [6, 6.07) is 8.36. The Morgan fingerprint density at radius 1 is 1.03 bits per heavy atom. The number of ether oxygens (including phenoxy) is 1. The van der Waals surface area contributed by atoms with Crippen LogP contribution in [0.1, 0.15) is 44.9 Å². The Bertz CT molecular complexity index is 1350. The van der Waals surface area contributed by atoms with Gasteiger partial charge in [0.15, 0.2) is 5.78 Å². The molecule has 2 aromatic heterocycles. The predicted molar refractivity (Wildman–Crippen MR) is 135 cm³/mol. The first-order valence-corrected chi connectivity index (χ1v) is 12.9. The summed E-state index contributed by atoms with van der Waals surface area (Å²) in [7, 11) is 0. The summed E-state index contributed by atoms with van der Waals surface area (Å²) in [5, 5.41) is 10.6. The number of amides is 3. The van der Waals surface area contributed by atoms with Crippen molar-refractivity contribution >= 4 is 34.7 Å². The maximum Gasteiger partial charge on any atom is 0.334 e. The standard InChI is InChI=1S/C25H26N6O4S/c26-25(34)31(30-11-13-35-14-12-30)16-6-4-5-15-19(16)23(32)20-21(15)27-28-22(20)17-7-8-18(36-17)24(33)29-9-2-1-3-10-29/h4-8H,1-3,9-14H2,(H2,26,34)(H,27,28). The van der Waals surface area contributed by atoms with Crippen LogP contribution in [0.5, 0.6) is 0 Å². The number of morpholine rings is 1. The molecule has 2 fully saturated rings. The minimum atomic E-state index is -0.663. The number of aromatic nitrogens is 2. The van der Waals surface area contributed by atoms with E-state index in [1.54, 1.807) is 17.1 Å². The van der Waals surface area contributed by atoms with Crippen LogP contribution in [0.2, 0.25) is 0 Å². The van der Waals surface area contributed by atoms with E-state index < -0.39 is 6.03 Å². The molecule has 0 bridgehead atoms. The minimum absolute atomic E-state index is 0.0293. The first-order valence-electron chi connectivity index (χ1n) is 12.1. The summed E-state index contributed by atoms with van der Waals surface area (Å²) >= 11 is 1.36. The number of nitrogens with one attached hydrogen (secondary N) is 1. The Kier molecular flexibility index (Phi) is 5.82. The van der Waals surface area contributed by atoms with Gasteiger partial charge in [0.1, 0.15) is 5.69 Å². The van der Waals surface area contributed by atoms with Crippen LogP contribution in [-0.4, -0.2) is 77.2 Å². The summed E-state index contributed by atoms with van der Waals surface area (Å²) in [6.45, 7) is 3.47. The molecule has 2 aliphatic heterocycles. The number of hydrogen-bond acceptors (Lipinski definition) is 7. The first kappa shape index (κ1) is 22.9. The Morgan fingerprint density at radius 2 is 1.81 bits per heavy atom. The largest absolute Gasteiger partial charge is 0.379 e. The number of piperidine rings is 1. The molecular weight excluding hydrogens is 480 g/mol. The molecule has 36 heavy (non-hydrogen) atoms. The highest BCUT2D eigenvalue weighted by atomic mass is 32.1. The van der Waals surface area contributed by atoms with Crippen LogP contribution >= 0.6 is 11.3 Å². The number of nitrogens with zero attached hydrogens (tertiary/aromatic N) is 4. The fourth-order valence-corrected chi connectivity index (χ4v) is 6.19. The van der Waals surface area contributed by atoms with Gasteiger partial charge in [-0.3, -0.25) is 14.7 Å². The van der Waals surface area contributed by atoms with Crippen molar-refractivity contribution < 1.29 is 19.1 Å². The zero-order valence-corrected chi connectivity index (χ0v) is 20.5. The molecule has 2 saturated heterocycles. The molecule has 0 spiro atoms. The molecule has 0 atom stereocenters. The summed E-state index contributed by atoms with van der Waals surface area (Å²) in [5.74, 6) is -0.196. The van der Waals surface area contributed by atoms with E-state index in [-0.39, 0.29) is 11.7 Å². The van der Waals surface area contributed by atoms with E-state index in [9.17, 15) is 14.4 Å². The number of fused-ring (bicyclic) bond motifs is 3. The molecule has 186 valence electrons. The lowest BCUT2D eigenvalue weighted by Gasteiger charge is -2.36. The predicted octanol–water partition coefficient (Wildman–Crippen LogP) is 3.11. The van der Waals surface area contributed by atoms with Gasteiger partial charge in [-0.2, -0.15) is 5.10 Å². The van der Waals surface area contributed by atoms with Gasteiger partial charge in [0.25, 0.3) is 5.91 Å². The van der Waals surface area contributed by atoms with Crippen LogP contribution in [0, 0.1) is 0 Å². The molecule has 3 aliphatic rings. The number of likely N-dealkylation sites (tertiary alicyclic amines) is 1. The number of urea groups is 1. The third-order valence-corrected chi connectivity index (χ3v) is 8.02. The fourth-order valence-electron chi connectivity index (χ4n) is 5.22. The number of ketones is 1. The summed E-state index contributed by atoms with van der Waals surface area (Å²) in [5.41, 5.74) is 8.82. The Morgan fingerprint density at radius 3 is 2.56 bits per heavy atom. The van der Waals surface area contributed by atoms with Crippen molar-refractivity contribution in [3.8, 4) is 21.8 Å². The number of nitrogens with two attached hydrogens (primary N) is 1. The lowest BCUT2D eigenvalue weighted by molar-refractivity contribution is 0.0364. The molecule has 0 saturated carbocycles. The van der Waals surface area contributed by atoms with Crippen molar-refractivity contribution in [2.75, 3.05) is 44.4 Å². The van der Waals surface area contributed by atoms with E-state index in [1.807, 2.05) is 23.1 Å². The maximum atomic E-state index is 13.8. The molecule has 6 rings (SSSR count). The van der Waals surface area contributed by atoms with Gasteiger partial charge in [0.05, 0.1) is 45.5 Å². The molecule has 1 aromatic carbocycles. The number of anilines is 1. The molecule has 10 nitrogen and oxygen atoms in total. The van der Waals surface area contributed by atoms with Crippen molar-refractivity contribution in [3.63, 3.8) is 0 Å². The number of primary amides is 1. The Hall–Kier alpha value is -3.54. The van der Waals surface area contributed by atoms with Gasteiger partial charge in [-0.25, -0.2) is 14.8 Å². The lowest BCUT2D eigenvalue weighted by Crippen LogP contribution is -2.54. The maximum absolute atomic E-state index is 13.8. The van der Waals surface area contributed by atoms with Crippen molar-refractivity contribution in [1.29, 1.82) is 0 Å². The molecule has 1 aliphatic carbocycles. The van der Waals surface area contributed by atoms with E-state index in [4.69, 9.17) is 10.5 Å². The number of hydrogen-bond donors (Lipinski definition) is 2. The molecule has 0 radical (unpaired) electrons. The van der Waals surface area contributed by atoms with E-state index in [2.05, 4.69) is 10.2 Å². The van der Waals surface area contributed by atoms with Crippen molar-refractivity contribution in [2.45, 2.75) is 19.3 Å². The molecular formula is C25H26N6O4S. The third-order valence-electron chi connectivity index (χ3n) is 6.93. The average Bonchev–Trinajstić information content (AvgIpc) is 3.62. The topological polar surface area (TPSA) is 125 Å². The summed E-state index contributed by atoms with van der Waals surface area (Å²) in [6.07, 6.45) is 3.21. The van der Waals surface area contributed by atoms with Crippen LogP contribution in [0.25, 0.3) is 21.8 Å². The zero-order valence-electron chi connectivity index (χ0n) is 19.7. The highest BCUT2D eigenvalue weighted by Gasteiger charge is 2.38. The average molecular weight is 507 g/mol. The van der Waals surface area contributed by atoms with E-state index in [0.29, 0.717) is 64.9 Å². The normalized spacial score (nSPS) is 17.7. The van der Waals surface area contributed by atoms with Gasteiger partial charge in [-0.1, -0.05) is 12.1 Å². The highest BCUT2D eigenvalue weighted by Crippen LogP contribution is 2.45. The second-order valence-electron chi connectivity index (χ2n) is 9.08. The van der Waals surface area contributed by atoms with E-state index >= 15 is 0 Å². The van der Waals surface area contributed by atoms with Crippen LogP contribution in [-0.2, 0) is 4.74 Å². The van der Waals surface area contributed by atoms with Crippen molar-refractivity contribution in [1.82, 2.24) is 20.1 Å². The van der Waals surface area contributed by atoms with Crippen LogP contribution in [0.15, 0.2) is 30.3 Å². The van der Waals surface area contributed by atoms with Crippen LogP contribution < -0.4 is 10.7 Å². The molecule has 0 unspecified atom stereocenters. The number of carbonyl (C=O) groups excluding carboxylic acids is 3. The number of rotatable bonds is 4. The molecule has 3 amide bonds. The van der Waals surface area contributed by atoms with Crippen LogP contribution in [0.3, 0.4) is 0 Å². The van der Waals surface area contributed by atoms with Gasteiger partial charge in [0.2, 0.25) is 0 Å². The lowest BCUT2D eigenvalue weighted by atomic mass is 10.1. The zero-order chi connectivity index (χ0) is 24.8. The van der Waals surface area contributed by atoms with Crippen LogP contribution in [0.4, 0.5) is 10.5 Å². The number of carbonyl (C=O) groups is 3. The molecule has 4 heterocycles. The SMILES string of the molecule is NC(=O)N(c1cccc2c1C(=O)c1c-2n[nH]c1-c1ccc(C(=O)N2CCCCC2)s1)N1CCOCC1. The Labute approximate surface area is 211 Å². The minimum Gasteiger partial charge on any atom is -0.379 e. The van der Waals surface area contributed by atoms with Crippen molar-refractivity contribution in [2.24, 2.45) is 5.73 Å². The first-order chi connectivity index (χ1) is 17.5. The smallest absolute Gasteiger partial charge is 0.334 e. The third kappa shape index (κ3) is 3.71. The second-order valence-corrected chi connectivity index (χ2v) is 10.2. The number of benzene rings is 1. The van der Waals surface area contributed by atoms with Gasteiger partial charge in [-0.05, 0) is 37.5 Å². The van der Waals surface area contributed by atoms with E-state index in [0.717, 1.165) is 37.2 Å². The molecule has 11 heteroatoms. The summed E-state index contributed by atoms with van der Waals surface area (Å²) in [4.78, 5) is 42.6. The number of H-pyrrole nitrogens is 1. The monoisotopic (exact) mass is 506 g/mol. The molecule has 3 N–H and O–H groups in total. The van der Waals surface area contributed by atoms with Gasteiger partial charge in [-0.15, -0.1) is 11.3 Å². The number of hydrazine groups is 1. The fraction of sp³-hybridized carbons (Fsp3) is 0.360. The summed E-state index contributed by atoms with van der Waals surface area (Å²) < 4.78 is 5.41. The van der Waals surface area contributed by atoms with Crippen molar-refractivity contribution in [3.05, 3.63) is 46.3 Å². The van der Waals surface area contributed by atoms with Gasteiger partial charge in [0, 0.05) is 31.7 Å². The number of thiophene rings is 1.